The van der Waals surface area contributed by atoms with Crippen LogP contribution in [0.15, 0.2) is 60.0 Å². The van der Waals surface area contributed by atoms with E-state index in [1.54, 1.807) is 35.0 Å². The van der Waals surface area contributed by atoms with Crippen LogP contribution in [0.2, 0.25) is 0 Å². The van der Waals surface area contributed by atoms with Gasteiger partial charge in [-0.2, -0.15) is 14.5 Å². The third kappa shape index (κ3) is 3.94. The van der Waals surface area contributed by atoms with Crippen molar-refractivity contribution in [1.82, 2.24) is 28.8 Å². The highest BCUT2D eigenvalue weighted by Gasteiger charge is 2.29. The van der Waals surface area contributed by atoms with Gasteiger partial charge in [-0.1, -0.05) is 6.07 Å². The highest BCUT2D eigenvalue weighted by atomic mass is 32.2. The van der Waals surface area contributed by atoms with Gasteiger partial charge in [0.05, 0.1) is 11.9 Å². The van der Waals surface area contributed by atoms with Crippen LogP contribution in [0.1, 0.15) is 16.8 Å². The summed E-state index contributed by atoms with van der Waals surface area (Å²) in [7, 11) is -1.93. The quantitative estimate of drug-likeness (QED) is 0.638. The molecule has 0 radical (unpaired) electrons. The van der Waals surface area contributed by atoms with Crippen molar-refractivity contribution in [2.24, 2.45) is 7.05 Å². The van der Waals surface area contributed by atoms with Gasteiger partial charge in [0.2, 0.25) is 10.0 Å². The first-order valence-corrected chi connectivity index (χ1v) is 10.8. The van der Waals surface area contributed by atoms with Crippen LogP contribution < -0.4 is 0 Å². The van der Waals surface area contributed by atoms with Crippen LogP contribution in [0.3, 0.4) is 0 Å². The molecule has 9 nitrogen and oxygen atoms in total. The lowest BCUT2D eigenvalue weighted by Gasteiger charge is -2.22. The highest BCUT2D eigenvalue weighted by Crippen LogP contribution is 2.18. The maximum absolute atomic E-state index is 13.0. The summed E-state index contributed by atoms with van der Waals surface area (Å²) in [5, 5.41) is 8.15. The molecule has 4 rings (SSSR count). The summed E-state index contributed by atoms with van der Waals surface area (Å²) in [6, 6.07) is 9.09. The summed E-state index contributed by atoms with van der Waals surface area (Å²) in [5.41, 5.74) is 1.36. The number of nitrogens with zero attached hydrogens (tertiary/aromatic N) is 6. The molecule has 0 spiro atoms. The molecule has 2 aromatic heterocycles. The van der Waals surface area contributed by atoms with Gasteiger partial charge in [0.25, 0.3) is 5.91 Å². The molecule has 3 heterocycles. The Hall–Kier alpha value is -2.98. The van der Waals surface area contributed by atoms with Crippen molar-refractivity contribution >= 4 is 15.9 Å². The van der Waals surface area contributed by atoms with Crippen LogP contribution in [0.5, 0.6) is 0 Å². The van der Waals surface area contributed by atoms with Crippen LogP contribution in [0.25, 0.3) is 5.69 Å². The number of benzene rings is 1. The monoisotopic (exact) mass is 414 g/mol. The van der Waals surface area contributed by atoms with Crippen LogP contribution in [0.4, 0.5) is 0 Å². The number of hydrogen-bond acceptors (Lipinski definition) is 5. The van der Waals surface area contributed by atoms with Crippen molar-refractivity contribution in [2.45, 2.75) is 11.3 Å². The molecule has 0 saturated carbocycles. The number of aryl methyl sites for hydroxylation is 1. The normalized spacial score (nSPS) is 16.0. The lowest BCUT2D eigenvalue weighted by molar-refractivity contribution is 0.0764. The zero-order chi connectivity index (χ0) is 20.4. The third-order valence-corrected chi connectivity index (χ3v) is 6.77. The van der Waals surface area contributed by atoms with E-state index in [0.29, 0.717) is 31.6 Å². The Labute approximate surface area is 169 Å². The van der Waals surface area contributed by atoms with Crippen molar-refractivity contribution < 1.29 is 13.2 Å². The van der Waals surface area contributed by atoms with Crippen LogP contribution >= 0.6 is 0 Å². The Morgan fingerprint density at radius 3 is 2.66 bits per heavy atom. The van der Waals surface area contributed by atoms with E-state index in [1.807, 2.05) is 24.4 Å². The number of hydrogen-bond donors (Lipinski definition) is 0. The van der Waals surface area contributed by atoms with E-state index in [9.17, 15) is 13.2 Å². The number of carbonyl (C=O) groups excluding carboxylic acids is 1. The summed E-state index contributed by atoms with van der Waals surface area (Å²) < 4.78 is 30.3. The second kappa shape index (κ2) is 7.80. The predicted molar refractivity (Wildman–Crippen MR) is 106 cm³/mol. The van der Waals surface area contributed by atoms with Gasteiger partial charge in [-0.25, -0.2) is 13.1 Å². The number of aromatic nitrogens is 4. The van der Waals surface area contributed by atoms with Crippen molar-refractivity contribution in [2.75, 3.05) is 26.2 Å². The Bertz CT molecular complexity index is 1110. The van der Waals surface area contributed by atoms with Crippen molar-refractivity contribution in [3.63, 3.8) is 0 Å². The lowest BCUT2D eigenvalue weighted by atomic mass is 10.1. The van der Waals surface area contributed by atoms with Crippen LogP contribution in [-0.2, 0) is 17.1 Å². The summed E-state index contributed by atoms with van der Waals surface area (Å²) in [5.74, 6) is -0.111. The number of amides is 1. The molecule has 10 heteroatoms. The molecule has 1 amide bonds. The molecule has 29 heavy (non-hydrogen) atoms. The Balaban J connectivity index is 1.49. The molecule has 1 aromatic carbocycles. The van der Waals surface area contributed by atoms with E-state index < -0.39 is 10.0 Å². The second-order valence-corrected chi connectivity index (χ2v) is 8.84. The number of sulfonamides is 1. The molecule has 0 bridgehead atoms. The summed E-state index contributed by atoms with van der Waals surface area (Å²) in [4.78, 5) is 14.9. The minimum Gasteiger partial charge on any atom is -0.337 e. The molecule has 1 saturated heterocycles. The Morgan fingerprint density at radius 1 is 1.07 bits per heavy atom. The summed E-state index contributed by atoms with van der Waals surface area (Å²) in [6.45, 7) is 1.46. The summed E-state index contributed by atoms with van der Waals surface area (Å²) >= 11 is 0. The molecular formula is C19H22N6O3S. The molecule has 0 N–H and O–H groups in total. The van der Waals surface area contributed by atoms with E-state index >= 15 is 0 Å². The van der Waals surface area contributed by atoms with Gasteiger partial charge in [-0.3, -0.25) is 9.48 Å². The molecular weight excluding hydrogens is 392 g/mol. The minimum atomic E-state index is -3.61. The fourth-order valence-corrected chi connectivity index (χ4v) is 4.86. The van der Waals surface area contributed by atoms with E-state index in [0.717, 1.165) is 5.69 Å². The third-order valence-electron chi connectivity index (χ3n) is 4.92. The largest absolute Gasteiger partial charge is 0.337 e. The standard InChI is InChI=1S/C19H22N6O3S/c1-22-15-18(14-21-22)29(27,28)24-9-4-8-23(11-12-24)19(26)16-5-2-6-17(13-16)25-10-3-7-20-25/h2-3,5-7,10,13-15H,4,8-9,11-12H2,1H3. The maximum Gasteiger partial charge on any atom is 0.253 e. The smallest absolute Gasteiger partial charge is 0.253 e. The van der Waals surface area contributed by atoms with Crippen molar-refractivity contribution in [3.8, 4) is 5.69 Å². The van der Waals surface area contributed by atoms with Gasteiger partial charge in [0.15, 0.2) is 0 Å². The maximum atomic E-state index is 13.0. The van der Waals surface area contributed by atoms with E-state index in [1.165, 1.54) is 21.4 Å². The van der Waals surface area contributed by atoms with E-state index in [2.05, 4.69) is 10.2 Å². The van der Waals surface area contributed by atoms with Gasteiger partial charge >= 0.3 is 0 Å². The van der Waals surface area contributed by atoms with Gasteiger partial charge in [0, 0.05) is 57.4 Å². The van der Waals surface area contributed by atoms with Crippen molar-refractivity contribution in [1.29, 1.82) is 0 Å². The zero-order valence-corrected chi connectivity index (χ0v) is 16.9. The molecule has 1 fully saturated rings. The first-order valence-electron chi connectivity index (χ1n) is 9.33. The average molecular weight is 414 g/mol. The summed E-state index contributed by atoms with van der Waals surface area (Å²) in [6.07, 6.45) is 6.91. The minimum absolute atomic E-state index is 0.111. The van der Waals surface area contributed by atoms with Gasteiger partial charge < -0.3 is 4.90 Å². The topological polar surface area (TPSA) is 93.3 Å². The first-order chi connectivity index (χ1) is 13.9. The van der Waals surface area contributed by atoms with E-state index in [-0.39, 0.29) is 17.3 Å². The molecule has 0 atom stereocenters. The SMILES string of the molecule is Cn1cc(S(=O)(=O)N2CCCN(C(=O)c3cccc(-n4cccn4)c3)CC2)cn1. The number of carbonyl (C=O) groups is 1. The first kappa shape index (κ1) is 19.3. The molecule has 1 aliphatic heterocycles. The average Bonchev–Trinajstić information content (AvgIpc) is 3.34. The molecule has 0 unspecified atom stereocenters. The zero-order valence-electron chi connectivity index (χ0n) is 16.0. The predicted octanol–water partition coefficient (Wildman–Crippen LogP) is 1.14. The van der Waals surface area contributed by atoms with Gasteiger partial charge in [-0.05, 0) is 30.7 Å². The van der Waals surface area contributed by atoms with Gasteiger partial charge in [-0.15, -0.1) is 0 Å². The molecule has 0 aliphatic carbocycles. The van der Waals surface area contributed by atoms with Crippen LogP contribution in [-0.4, -0.2) is 69.3 Å². The lowest BCUT2D eigenvalue weighted by Crippen LogP contribution is -2.37. The number of rotatable bonds is 4. The molecule has 1 aliphatic rings. The van der Waals surface area contributed by atoms with Gasteiger partial charge in [0.1, 0.15) is 4.90 Å². The van der Waals surface area contributed by atoms with Crippen molar-refractivity contribution in [3.05, 3.63) is 60.7 Å². The second-order valence-electron chi connectivity index (χ2n) is 6.90. The fraction of sp³-hybridized carbons (Fsp3) is 0.316. The Kier molecular flexibility index (Phi) is 5.20. The molecule has 152 valence electrons. The van der Waals surface area contributed by atoms with E-state index in [4.69, 9.17) is 0 Å². The Morgan fingerprint density at radius 2 is 1.93 bits per heavy atom. The fourth-order valence-electron chi connectivity index (χ4n) is 3.40. The van der Waals surface area contributed by atoms with Crippen LogP contribution in [0, 0.1) is 0 Å². The highest BCUT2D eigenvalue weighted by molar-refractivity contribution is 7.89. The molecule has 3 aromatic rings.